The Balaban J connectivity index is 1.71. The van der Waals surface area contributed by atoms with Gasteiger partial charge in [-0.05, 0) is 85.9 Å². The monoisotopic (exact) mass is 302 g/mol. The molecule has 124 valence electrons. The predicted molar refractivity (Wildman–Crippen MR) is 91.5 cm³/mol. The first-order valence-corrected chi connectivity index (χ1v) is 9.81. The Bertz CT molecular complexity index is 471. The maximum atomic E-state index is 11.9. The minimum Gasteiger partial charge on any atom is -0.389 e. The van der Waals surface area contributed by atoms with Gasteiger partial charge in [-0.2, -0.15) is 0 Å². The van der Waals surface area contributed by atoms with E-state index >= 15 is 0 Å². The van der Waals surface area contributed by atoms with Crippen LogP contribution in [0.25, 0.3) is 0 Å². The normalized spacial score (nSPS) is 57.6. The Morgan fingerprint density at radius 3 is 2.45 bits per heavy atom. The summed E-state index contributed by atoms with van der Waals surface area (Å²) in [5.74, 6) is 2.74. The largest absolute Gasteiger partial charge is 0.389 e. The van der Waals surface area contributed by atoms with E-state index in [2.05, 4.69) is 26.5 Å². The van der Waals surface area contributed by atoms with E-state index in [1.807, 2.05) is 0 Å². The molecule has 1 nitrogen and oxygen atoms in total. The van der Waals surface area contributed by atoms with E-state index < -0.39 is 0 Å². The van der Waals surface area contributed by atoms with Crippen molar-refractivity contribution in [1.29, 1.82) is 0 Å². The summed E-state index contributed by atoms with van der Waals surface area (Å²) in [5.41, 5.74) is 0.231. The van der Waals surface area contributed by atoms with Gasteiger partial charge < -0.3 is 5.11 Å². The number of fused-ring (bicyclic) bond motifs is 5. The first-order chi connectivity index (χ1) is 10.5. The Morgan fingerprint density at radius 1 is 0.909 bits per heavy atom. The molecule has 0 aromatic heterocycles. The SMILES string of the molecule is C=C[C@H]1CC[C@H]2[C@@H]3CCC4CCCC[C@]4(C)[C@@]3(O)CC[C@]12C. The first kappa shape index (κ1) is 15.2. The Hall–Kier alpha value is -0.300. The van der Waals surface area contributed by atoms with Crippen LogP contribution in [0.4, 0.5) is 0 Å². The highest BCUT2D eigenvalue weighted by molar-refractivity contribution is 5.17. The molecule has 0 heterocycles. The molecule has 4 rings (SSSR count). The minimum atomic E-state index is -0.378. The van der Waals surface area contributed by atoms with Crippen LogP contribution in [0.3, 0.4) is 0 Å². The van der Waals surface area contributed by atoms with Gasteiger partial charge in [-0.25, -0.2) is 0 Å². The van der Waals surface area contributed by atoms with Crippen LogP contribution in [0.15, 0.2) is 12.7 Å². The fourth-order valence-electron chi connectivity index (χ4n) is 7.66. The van der Waals surface area contributed by atoms with Gasteiger partial charge in [0.1, 0.15) is 0 Å². The summed E-state index contributed by atoms with van der Waals surface area (Å²) in [5, 5.41) is 11.9. The van der Waals surface area contributed by atoms with E-state index in [9.17, 15) is 5.11 Å². The van der Waals surface area contributed by atoms with Crippen LogP contribution in [0.1, 0.15) is 78.1 Å². The smallest absolute Gasteiger partial charge is 0.0734 e. The zero-order valence-corrected chi connectivity index (χ0v) is 14.6. The molecule has 0 aliphatic heterocycles. The number of hydrogen-bond donors (Lipinski definition) is 1. The van der Waals surface area contributed by atoms with Gasteiger partial charge in [0.2, 0.25) is 0 Å². The van der Waals surface area contributed by atoms with Crippen LogP contribution in [-0.2, 0) is 0 Å². The summed E-state index contributed by atoms with van der Waals surface area (Å²) in [4.78, 5) is 0. The van der Waals surface area contributed by atoms with Gasteiger partial charge in [0, 0.05) is 0 Å². The molecular formula is C21H34O. The summed E-state index contributed by atoms with van der Waals surface area (Å²) in [6, 6.07) is 0. The average Bonchev–Trinajstić information content (AvgIpc) is 2.84. The number of hydrogen-bond acceptors (Lipinski definition) is 1. The zero-order valence-electron chi connectivity index (χ0n) is 14.6. The van der Waals surface area contributed by atoms with Crippen molar-refractivity contribution in [3.63, 3.8) is 0 Å². The molecule has 4 fully saturated rings. The highest BCUT2D eigenvalue weighted by Crippen LogP contribution is 2.69. The molecule has 1 N–H and O–H groups in total. The molecule has 0 radical (unpaired) electrons. The quantitative estimate of drug-likeness (QED) is 0.648. The fraction of sp³-hybridized carbons (Fsp3) is 0.905. The topological polar surface area (TPSA) is 20.2 Å². The Kier molecular flexibility index (Phi) is 3.36. The Morgan fingerprint density at radius 2 is 1.68 bits per heavy atom. The van der Waals surface area contributed by atoms with Crippen LogP contribution in [-0.4, -0.2) is 10.7 Å². The van der Waals surface area contributed by atoms with Crippen LogP contribution >= 0.6 is 0 Å². The van der Waals surface area contributed by atoms with Crippen molar-refractivity contribution in [1.82, 2.24) is 0 Å². The third-order valence-corrected chi connectivity index (χ3v) is 9.13. The lowest BCUT2D eigenvalue weighted by atomic mass is 9.42. The summed E-state index contributed by atoms with van der Waals surface area (Å²) in [6.45, 7) is 9.07. The predicted octanol–water partition coefficient (Wildman–Crippen LogP) is 5.34. The lowest BCUT2D eigenvalue weighted by Crippen LogP contribution is -2.64. The van der Waals surface area contributed by atoms with Crippen LogP contribution in [0.2, 0.25) is 0 Å². The molecule has 0 saturated heterocycles. The minimum absolute atomic E-state index is 0.196. The van der Waals surface area contributed by atoms with Crippen molar-refractivity contribution in [3.8, 4) is 0 Å². The van der Waals surface area contributed by atoms with E-state index in [-0.39, 0.29) is 11.0 Å². The molecule has 22 heavy (non-hydrogen) atoms. The number of rotatable bonds is 1. The van der Waals surface area contributed by atoms with Gasteiger partial charge in [0.05, 0.1) is 5.60 Å². The second-order valence-electron chi connectivity index (χ2n) is 9.50. The maximum Gasteiger partial charge on any atom is 0.0734 e. The molecule has 0 spiro atoms. The molecule has 0 aromatic carbocycles. The Labute approximate surface area is 136 Å². The van der Waals surface area contributed by atoms with Gasteiger partial charge in [-0.1, -0.05) is 32.8 Å². The third-order valence-electron chi connectivity index (χ3n) is 9.13. The van der Waals surface area contributed by atoms with Crippen LogP contribution in [0.5, 0.6) is 0 Å². The second-order valence-corrected chi connectivity index (χ2v) is 9.50. The van der Waals surface area contributed by atoms with Gasteiger partial charge in [0.25, 0.3) is 0 Å². The van der Waals surface area contributed by atoms with E-state index in [4.69, 9.17) is 0 Å². The summed E-state index contributed by atoms with van der Waals surface area (Å²) in [6.07, 6.45) is 15.1. The van der Waals surface area contributed by atoms with Crippen LogP contribution in [0, 0.1) is 34.5 Å². The zero-order chi connectivity index (χ0) is 15.6. The first-order valence-electron chi connectivity index (χ1n) is 9.81. The number of allylic oxidation sites excluding steroid dienone is 1. The van der Waals surface area contributed by atoms with E-state index in [1.54, 1.807) is 0 Å². The molecule has 7 atom stereocenters. The van der Waals surface area contributed by atoms with Crippen molar-refractivity contribution in [2.75, 3.05) is 0 Å². The second kappa shape index (κ2) is 4.85. The highest BCUT2D eigenvalue weighted by Gasteiger charge is 2.65. The molecule has 0 aromatic rings. The number of aliphatic hydroxyl groups is 1. The lowest BCUT2D eigenvalue weighted by molar-refractivity contribution is -0.233. The highest BCUT2D eigenvalue weighted by atomic mass is 16.3. The molecule has 4 aliphatic rings. The lowest BCUT2D eigenvalue weighted by Gasteiger charge is -2.65. The standard InChI is InChI=1S/C21H34O/c1-4-15-8-10-17-18-11-9-16-7-5-6-12-20(16,3)21(18,22)14-13-19(15,17)2/h4,15-18,22H,1,5-14H2,2-3H3/t15-,16?,17-,18-,19+,20-,21+/m0/s1. The summed E-state index contributed by atoms with van der Waals surface area (Å²) >= 11 is 0. The van der Waals surface area contributed by atoms with Crippen molar-refractivity contribution >= 4 is 0 Å². The van der Waals surface area contributed by atoms with Crippen molar-refractivity contribution < 1.29 is 5.11 Å². The summed E-state index contributed by atoms with van der Waals surface area (Å²) in [7, 11) is 0. The van der Waals surface area contributed by atoms with Gasteiger partial charge in [-0.3, -0.25) is 0 Å². The van der Waals surface area contributed by atoms with Gasteiger partial charge >= 0.3 is 0 Å². The maximum absolute atomic E-state index is 11.9. The molecule has 0 amide bonds. The van der Waals surface area contributed by atoms with Crippen molar-refractivity contribution in [2.45, 2.75) is 83.7 Å². The third kappa shape index (κ3) is 1.70. The molecule has 1 unspecified atom stereocenters. The summed E-state index contributed by atoms with van der Waals surface area (Å²) < 4.78 is 0. The van der Waals surface area contributed by atoms with E-state index in [1.165, 1.54) is 57.8 Å². The average molecular weight is 303 g/mol. The van der Waals surface area contributed by atoms with Gasteiger partial charge in [-0.15, -0.1) is 6.58 Å². The molecule has 4 aliphatic carbocycles. The van der Waals surface area contributed by atoms with Gasteiger partial charge in [0.15, 0.2) is 0 Å². The van der Waals surface area contributed by atoms with Crippen molar-refractivity contribution in [3.05, 3.63) is 12.7 Å². The molecule has 4 saturated carbocycles. The molecule has 0 bridgehead atoms. The molecule has 1 heteroatoms. The molecular weight excluding hydrogens is 268 g/mol. The van der Waals surface area contributed by atoms with E-state index in [0.717, 1.165) is 18.3 Å². The van der Waals surface area contributed by atoms with Crippen molar-refractivity contribution in [2.24, 2.45) is 34.5 Å². The van der Waals surface area contributed by atoms with Crippen LogP contribution < -0.4 is 0 Å². The van der Waals surface area contributed by atoms with E-state index in [0.29, 0.717) is 17.3 Å². The fourth-order valence-corrected chi connectivity index (χ4v) is 7.66.